The van der Waals surface area contributed by atoms with E-state index in [1.54, 1.807) is 0 Å². The van der Waals surface area contributed by atoms with E-state index in [1.165, 1.54) is 6.92 Å². The van der Waals surface area contributed by atoms with Gasteiger partial charge in [0.1, 0.15) is 6.04 Å². The molecule has 0 saturated heterocycles. The summed E-state index contributed by atoms with van der Waals surface area (Å²) < 4.78 is 0. The van der Waals surface area contributed by atoms with Gasteiger partial charge in [-0.05, 0) is 25.7 Å². The second-order valence-corrected chi connectivity index (χ2v) is 5.00. The summed E-state index contributed by atoms with van der Waals surface area (Å²) in [5, 5.41) is 20.9. The van der Waals surface area contributed by atoms with Gasteiger partial charge in [-0.3, -0.25) is 9.59 Å². The molecule has 104 valence electrons. The lowest BCUT2D eigenvalue weighted by atomic mass is 9.79. The van der Waals surface area contributed by atoms with Crippen LogP contribution in [0.4, 0.5) is 0 Å². The fraction of sp³-hybridized carbons (Fsp3) is 0.833. The van der Waals surface area contributed by atoms with Gasteiger partial charge in [-0.25, -0.2) is 0 Å². The molecule has 0 aromatic carbocycles. The van der Waals surface area contributed by atoms with Crippen LogP contribution < -0.4 is 11.1 Å². The van der Waals surface area contributed by atoms with Crippen molar-refractivity contribution < 1.29 is 19.8 Å². The van der Waals surface area contributed by atoms with E-state index in [1.807, 2.05) is 0 Å². The van der Waals surface area contributed by atoms with Crippen molar-refractivity contribution in [1.82, 2.24) is 5.32 Å². The molecular weight excluding hydrogens is 236 g/mol. The number of aliphatic hydroxyl groups excluding tert-OH is 1. The highest BCUT2D eigenvalue weighted by Crippen LogP contribution is 2.29. The molecule has 4 atom stereocenters. The third kappa shape index (κ3) is 3.96. The number of rotatable bonds is 5. The number of amides is 1. The highest BCUT2D eigenvalue weighted by atomic mass is 16.4. The SMILES string of the molecule is C[C@@H](O)[C@H](N)C(=O)NC[C@@H]1CCCC[C@@H]1C(=O)O. The van der Waals surface area contributed by atoms with Gasteiger partial charge in [0.15, 0.2) is 0 Å². The molecule has 1 saturated carbocycles. The van der Waals surface area contributed by atoms with Gasteiger partial charge in [0.25, 0.3) is 0 Å². The van der Waals surface area contributed by atoms with E-state index >= 15 is 0 Å². The van der Waals surface area contributed by atoms with Crippen molar-refractivity contribution in [1.29, 1.82) is 0 Å². The predicted molar refractivity (Wildman–Crippen MR) is 65.7 cm³/mol. The molecule has 1 aliphatic carbocycles. The number of hydrogen-bond acceptors (Lipinski definition) is 4. The third-order valence-electron chi connectivity index (χ3n) is 3.59. The number of carbonyl (C=O) groups excluding carboxylic acids is 1. The van der Waals surface area contributed by atoms with E-state index in [9.17, 15) is 14.7 Å². The third-order valence-corrected chi connectivity index (χ3v) is 3.59. The minimum atomic E-state index is -0.961. The van der Waals surface area contributed by atoms with Gasteiger partial charge >= 0.3 is 5.97 Å². The fourth-order valence-corrected chi connectivity index (χ4v) is 2.35. The van der Waals surface area contributed by atoms with Gasteiger partial charge in [-0.2, -0.15) is 0 Å². The van der Waals surface area contributed by atoms with Crippen LogP contribution in [-0.2, 0) is 9.59 Å². The Morgan fingerprint density at radius 1 is 1.39 bits per heavy atom. The summed E-state index contributed by atoms with van der Waals surface area (Å²) in [5.41, 5.74) is 5.49. The van der Waals surface area contributed by atoms with Crippen LogP contribution in [0.15, 0.2) is 0 Å². The minimum Gasteiger partial charge on any atom is -0.481 e. The summed E-state index contributed by atoms with van der Waals surface area (Å²) in [6.07, 6.45) is 2.48. The lowest BCUT2D eigenvalue weighted by molar-refractivity contribution is -0.145. The van der Waals surface area contributed by atoms with E-state index in [0.717, 1.165) is 19.3 Å². The summed E-state index contributed by atoms with van der Waals surface area (Å²) in [4.78, 5) is 22.6. The van der Waals surface area contributed by atoms with Gasteiger partial charge in [-0.15, -0.1) is 0 Å². The van der Waals surface area contributed by atoms with Crippen LogP contribution in [-0.4, -0.2) is 40.8 Å². The molecule has 0 aliphatic heterocycles. The smallest absolute Gasteiger partial charge is 0.306 e. The van der Waals surface area contributed by atoms with Gasteiger partial charge < -0.3 is 21.3 Å². The summed E-state index contributed by atoms with van der Waals surface area (Å²) >= 11 is 0. The van der Waals surface area contributed by atoms with Gasteiger partial charge in [0.05, 0.1) is 12.0 Å². The molecular formula is C12H22N2O4. The number of hydrogen-bond donors (Lipinski definition) is 4. The average Bonchev–Trinajstić information content (AvgIpc) is 2.35. The molecule has 1 rings (SSSR count). The van der Waals surface area contributed by atoms with Crippen LogP contribution in [0.3, 0.4) is 0 Å². The topological polar surface area (TPSA) is 113 Å². The van der Waals surface area contributed by atoms with Crippen LogP contribution in [0.1, 0.15) is 32.6 Å². The lowest BCUT2D eigenvalue weighted by Crippen LogP contribution is -2.49. The number of nitrogens with one attached hydrogen (secondary N) is 1. The van der Waals surface area contributed by atoms with E-state index in [-0.39, 0.29) is 11.8 Å². The maximum atomic E-state index is 11.6. The molecule has 1 fully saturated rings. The van der Waals surface area contributed by atoms with Crippen molar-refractivity contribution in [3.8, 4) is 0 Å². The maximum Gasteiger partial charge on any atom is 0.306 e. The van der Waals surface area contributed by atoms with Crippen molar-refractivity contribution in [3.63, 3.8) is 0 Å². The zero-order valence-electron chi connectivity index (χ0n) is 10.6. The Kier molecular flexibility index (Phi) is 5.55. The molecule has 1 aliphatic rings. The first kappa shape index (κ1) is 14.9. The monoisotopic (exact) mass is 258 g/mol. The zero-order valence-corrected chi connectivity index (χ0v) is 10.6. The second kappa shape index (κ2) is 6.70. The first-order valence-corrected chi connectivity index (χ1v) is 6.37. The van der Waals surface area contributed by atoms with Crippen molar-refractivity contribution in [2.45, 2.75) is 44.8 Å². The van der Waals surface area contributed by atoms with E-state index in [0.29, 0.717) is 13.0 Å². The Labute approximate surface area is 107 Å². The quantitative estimate of drug-likeness (QED) is 0.541. The molecule has 0 aromatic heterocycles. The maximum absolute atomic E-state index is 11.6. The Hall–Kier alpha value is -1.14. The summed E-state index contributed by atoms with van der Waals surface area (Å²) in [5.74, 6) is -1.66. The van der Waals surface area contributed by atoms with Crippen molar-refractivity contribution in [2.24, 2.45) is 17.6 Å². The molecule has 0 unspecified atom stereocenters. The number of aliphatic carboxylic acids is 1. The molecule has 0 radical (unpaired) electrons. The van der Waals surface area contributed by atoms with Gasteiger partial charge in [0, 0.05) is 6.54 Å². The number of nitrogens with two attached hydrogens (primary N) is 1. The normalized spacial score (nSPS) is 27.3. The van der Waals surface area contributed by atoms with Crippen LogP contribution in [0.25, 0.3) is 0 Å². The van der Waals surface area contributed by atoms with Crippen LogP contribution in [0.2, 0.25) is 0 Å². The lowest BCUT2D eigenvalue weighted by Gasteiger charge is -2.29. The largest absolute Gasteiger partial charge is 0.481 e. The van der Waals surface area contributed by atoms with E-state index in [2.05, 4.69) is 5.32 Å². The molecule has 0 spiro atoms. The molecule has 6 heteroatoms. The molecule has 5 N–H and O–H groups in total. The first-order chi connectivity index (χ1) is 8.43. The van der Waals surface area contributed by atoms with Crippen molar-refractivity contribution >= 4 is 11.9 Å². The Morgan fingerprint density at radius 2 is 2.00 bits per heavy atom. The molecule has 18 heavy (non-hydrogen) atoms. The van der Waals surface area contributed by atoms with Crippen LogP contribution >= 0.6 is 0 Å². The predicted octanol–water partition coefficient (Wildman–Crippen LogP) is -0.298. The van der Waals surface area contributed by atoms with Gasteiger partial charge in [0.2, 0.25) is 5.91 Å². The molecule has 0 heterocycles. The number of carbonyl (C=O) groups is 2. The first-order valence-electron chi connectivity index (χ1n) is 6.37. The summed E-state index contributed by atoms with van der Waals surface area (Å²) in [6.45, 7) is 1.77. The van der Waals surface area contributed by atoms with Gasteiger partial charge in [-0.1, -0.05) is 12.8 Å². The minimum absolute atomic E-state index is 0.0404. The number of carboxylic acid groups (broad SMARTS) is 1. The van der Waals surface area contributed by atoms with Crippen molar-refractivity contribution in [3.05, 3.63) is 0 Å². The molecule has 0 bridgehead atoms. The van der Waals surface area contributed by atoms with Crippen LogP contribution in [0, 0.1) is 11.8 Å². The zero-order chi connectivity index (χ0) is 13.7. The highest BCUT2D eigenvalue weighted by molar-refractivity contribution is 5.82. The number of aliphatic hydroxyl groups is 1. The Bertz CT molecular complexity index is 306. The second-order valence-electron chi connectivity index (χ2n) is 5.00. The van der Waals surface area contributed by atoms with Crippen LogP contribution in [0.5, 0.6) is 0 Å². The molecule has 0 aromatic rings. The Morgan fingerprint density at radius 3 is 2.56 bits per heavy atom. The highest BCUT2D eigenvalue weighted by Gasteiger charge is 2.31. The molecule has 6 nitrogen and oxygen atoms in total. The van der Waals surface area contributed by atoms with Crippen molar-refractivity contribution in [2.75, 3.05) is 6.54 Å². The Balaban J connectivity index is 2.45. The number of carboxylic acids is 1. The molecule has 1 amide bonds. The fourth-order valence-electron chi connectivity index (χ4n) is 2.35. The standard InChI is InChI=1S/C12H22N2O4/c1-7(15)10(13)11(16)14-6-8-4-2-3-5-9(8)12(17)18/h7-10,15H,2-6,13H2,1H3,(H,14,16)(H,17,18)/t7-,8+,9+,10+/m1/s1. The van der Waals surface area contributed by atoms with E-state index in [4.69, 9.17) is 10.8 Å². The summed E-state index contributed by atoms with van der Waals surface area (Å²) in [6, 6.07) is -0.961. The van der Waals surface area contributed by atoms with E-state index < -0.39 is 24.0 Å². The summed E-state index contributed by atoms with van der Waals surface area (Å²) in [7, 11) is 0. The average molecular weight is 258 g/mol.